The molecular formula is C10H17NO5S. The highest BCUT2D eigenvalue weighted by molar-refractivity contribution is 7.85. The molecule has 0 rings (SSSR count). The zero-order valence-electron chi connectivity index (χ0n) is 10.3. The average molecular weight is 263 g/mol. The van der Waals surface area contributed by atoms with Crippen molar-refractivity contribution in [2.24, 2.45) is 0 Å². The number of hydrogen-bond donors (Lipinski definition) is 1. The highest BCUT2D eigenvalue weighted by Gasteiger charge is 2.19. The van der Waals surface area contributed by atoms with Gasteiger partial charge in [-0.3, -0.25) is 4.18 Å². The second-order valence-corrected chi connectivity index (χ2v) is 6.00. The number of carbonyl (C=O) groups is 1. The largest absolute Gasteiger partial charge is 0.444 e. The van der Waals surface area contributed by atoms with Crippen LogP contribution in [-0.4, -0.2) is 39.0 Å². The molecule has 0 saturated carbocycles. The lowest BCUT2D eigenvalue weighted by atomic mass is 10.2. The number of amides is 1. The van der Waals surface area contributed by atoms with Gasteiger partial charge in [0.1, 0.15) is 11.6 Å². The van der Waals surface area contributed by atoms with E-state index in [-0.39, 0.29) is 6.61 Å². The zero-order valence-corrected chi connectivity index (χ0v) is 11.1. The number of nitrogens with one attached hydrogen (secondary N) is 1. The van der Waals surface area contributed by atoms with Gasteiger partial charge in [0.2, 0.25) is 0 Å². The van der Waals surface area contributed by atoms with E-state index < -0.39 is 27.9 Å². The molecule has 0 aliphatic heterocycles. The van der Waals surface area contributed by atoms with Gasteiger partial charge in [-0.25, -0.2) is 4.79 Å². The van der Waals surface area contributed by atoms with Gasteiger partial charge < -0.3 is 10.1 Å². The van der Waals surface area contributed by atoms with Gasteiger partial charge in [0, 0.05) is 0 Å². The van der Waals surface area contributed by atoms with Crippen LogP contribution >= 0.6 is 0 Å². The summed E-state index contributed by atoms with van der Waals surface area (Å²) in [6, 6.07) is -0.862. The fourth-order valence-corrected chi connectivity index (χ4v) is 1.16. The highest BCUT2D eigenvalue weighted by Crippen LogP contribution is 2.06. The summed E-state index contributed by atoms with van der Waals surface area (Å²) >= 11 is 0. The highest BCUT2D eigenvalue weighted by atomic mass is 32.2. The van der Waals surface area contributed by atoms with Crippen molar-refractivity contribution in [1.29, 1.82) is 0 Å². The monoisotopic (exact) mass is 263 g/mol. The van der Waals surface area contributed by atoms with Gasteiger partial charge >= 0.3 is 6.09 Å². The summed E-state index contributed by atoms with van der Waals surface area (Å²) in [5, 5.41) is 2.31. The van der Waals surface area contributed by atoms with Crippen molar-refractivity contribution >= 4 is 16.2 Å². The van der Waals surface area contributed by atoms with E-state index in [0.717, 1.165) is 6.26 Å². The minimum atomic E-state index is -3.59. The Hall–Kier alpha value is -1.26. The van der Waals surface area contributed by atoms with Crippen LogP contribution in [0.15, 0.2) is 0 Å². The van der Waals surface area contributed by atoms with Crippen molar-refractivity contribution in [1.82, 2.24) is 5.32 Å². The van der Waals surface area contributed by atoms with Crippen molar-refractivity contribution in [2.45, 2.75) is 32.4 Å². The maximum Gasteiger partial charge on any atom is 0.408 e. The Morgan fingerprint density at radius 1 is 1.47 bits per heavy atom. The molecule has 0 fully saturated rings. The molecule has 0 heterocycles. The lowest BCUT2D eigenvalue weighted by molar-refractivity contribution is 0.0504. The van der Waals surface area contributed by atoms with Crippen LogP contribution in [0, 0.1) is 12.3 Å². The fourth-order valence-electron chi connectivity index (χ4n) is 0.773. The van der Waals surface area contributed by atoms with E-state index in [1.54, 1.807) is 20.8 Å². The molecule has 0 aliphatic carbocycles. The molecule has 1 unspecified atom stereocenters. The molecule has 0 aromatic heterocycles. The normalized spacial score (nSPS) is 13.6. The summed E-state index contributed by atoms with van der Waals surface area (Å²) in [6.45, 7) is 4.77. The molecule has 1 N–H and O–H groups in total. The molecular weight excluding hydrogens is 246 g/mol. The van der Waals surface area contributed by atoms with Crippen LogP contribution in [0.25, 0.3) is 0 Å². The fraction of sp³-hybridized carbons (Fsp3) is 0.700. The number of hydrogen-bond acceptors (Lipinski definition) is 5. The van der Waals surface area contributed by atoms with Crippen molar-refractivity contribution in [3.63, 3.8) is 0 Å². The first kappa shape index (κ1) is 15.7. The van der Waals surface area contributed by atoms with Crippen LogP contribution in [0.3, 0.4) is 0 Å². The third kappa shape index (κ3) is 9.66. The number of terminal acetylenes is 1. The van der Waals surface area contributed by atoms with Crippen LogP contribution in [0.2, 0.25) is 0 Å². The van der Waals surface area contributed by atoms with Crippen LogP contribution in [0.4, 0.5) is 4.79 Å². The molecule has 1 amide bonds. The van der Waals surface area contributed by atoms with E-state index in [4.69, 9.17) is 11.2 Å². The third-order valence-corrected chi connectivity index (χ3v) is 1.91. The Morgan fingerprint density at radius 2 is 2.00 bits per heavy atom. The van der Waals surface area contributed by atoms with Crippen molar-refractivity contribution in [3.05, 3.63) is 0 Å². The first-order valence-electron chi connectivity index (χ1n) is 4.83. The summed E-state index contributed by atoms with van der Waals surface area (Å²) in [7, 11) is -3.59. The standard InChI is InChI=1S/C10H17NO5S/c1-6-8(7-15-17(5,13)14)11-9(12)16-10(2,3)4/h1,8H,7H2,2-5H3,(H,11,12). The molecule has 0 radical (unpaired) electrons. The zero-order chi connectivity index (χ0) is 13.7. The van der Waals surface area contributed by atoms with Gasteiger partial charge in [-0.1, -0.05) is 5.92 Å². The van der Waals surface area contributed by atoms with Gasteiger partial charge in [0.25, 0.3) is 10.1 Å². The molecule has 1 atom stereocenters. The Labute approximate surface area is 102 Å². The molecule has 0 aromatic rings. The van der Waals surface area contributed by atoms with Crippen molar-refractivity contribution in [3.8, 4) is 12.3 Å². The summed E-state index contributed by atoms with van der Waals surface area (Å²) in [5.41, 5.74) is -0.652. The lowest BCUT2D eigenvalue weighted by Crippen LogP contribution is -2.41. The second kappa shape index (κ2) is 5.89. The van der Waals surface area contributed by atoms with Gasteiger partial charge in [0.05, 0.1) is 12.9 Å². The summed E-state index contributed by atoms with van der Waals surface area (Å²) in [4.78, 5) is 11.3. The third-order valence-electron chi connectivity index (χ3n) is 1.34. The van der Waals surface area contributed by atoms with E-state index in [0.29, 0.717) is 0 Å². The number of alkyl carbamates (subject to hydrolysis) is 1. The van der Waals surface area contributed by atoms with Gasteiger partial charge in [0.15, 0.2) is 0 Å². The van der Waals surface area contributed by atoms with E-state index in [1.807, 2.05) is 0 Å². The SMILES string of the molecule is C#CC(COS(C)(=O)=O)NC(=O)OC(C)(C)C. The average Bonchev–Trinajstić information content (AvgIpc) is 2.07. The molecule has 0 saturated heterocycles. The number of ether oxygens (including phenoxy) is 1. The Morgan fingerprint density at radius 3 is 2.35 bits per heavy atom. The predicted molar refractivity (Wildman–Crippen MR) is 62.8 cm³/mol. The van der Waals surface area contributed by atoms with Gasteiger partial charge in [-0.2, -0.15) is 8.42 Å². The summed E-state index contributed by atoms with van der Waals surface area (Å²) < 4.78 is 30.9. The molecule has 98 valence electrons. The topological polar surface area (TPSA) is 81.7 Å². The van der Waals surface area contributed by atoms with Crippen LogP contribution in [-0.2, 0) is 19.0 Å². The van der Waals surface area contributed by atoms with Crippen LogP contribution in [0.1, 0.15) is 20.8 Å². The van der Waals surface area contributed by atoms with Crippen LogP contribution < -0.4 is 5.32 Å². The van der Waals surface area contributed by atoms with Crippen molar-refractivity contribution in [2.75, 3.05) is 12.9 Å². The predicted octanol–water partition coefficient (Wildman–Crippen LogP) is 0.489. The number of rotatable bonds is 4. The molecule has 0 spiro atoms. The lowest BCUT2D eigenvalue weighted by Gasteiger charge is -2.21. The first-order chi connectivity index (χ1) is 7.53. The van der Waals surface area contributed by atoms with E-state index in [1.165, 1.54) is 0 Å². The number of carbonyl (C=O) groups excluding carboxylic acids is 1. The van der Waals surface area contributed by atoms with Gasteiger partial charge in [-0.15, -0.1) is 6.42 Å². The molecule has 17 heavy (non-hydrogen) atoms. The van der Waals surface area contributed by atoms with E-state index >= 15 is 0 Å². The molecule has 0 bridgehead atoms. The maximum absolute atomic E-state index is 11.3. The first-order valence-corrected chi connectivity index (χ1v) is 6.65. The summed E-state index contributed by atoms with van der Waals surface area (Å²) in [6.07, 6.45) is 5.29. The summed E-state index contributed by atoms with van der Waals surface area (Å²) in [5.74, 6) is 2.19. The van der Waals surface area contributed by atoms with E-state index in [9.17, 15) is 13.2 Å². The smallest absolute Gasteiger partial charge is 0.408 e. The maximum atomic E-state index is 11.3. The van der Waals surface area contributed by atoms with Crippen molar-refractivity contribution < 1.29 is 22.1 Å². The quantitative estimate of drug-likeness (QED) is 0.589. The molecule has 0 aromatic carbocycles. The Kier molecular flexibility index (Phi) is 5.45. The van der Waals surface area contributed by atoms with E-state index in [2.05, 4.69) is 15.4 Å². The molecule has 0 aliphatic rings. The van der Waals surface area contributed by atoms with Gasteiger partial charge in [-0.05, 0) is 20.8 Å². The minimum absolute atomic E-state index is 0.325. The molecule has 7 heteroatoms. The minimum Gasteiger partial charge on any atom is -0.444 e. The second-order valence-electron chi connectivity index (χ2n) is 4.35. The Balaban J connectivity index is 4.25. The van der Waals surface area contributed by atoms with Crippen LogP contribution in [0.5, 0.6) is 0 Å². The molecule has 6 nitrogen and oxygen atoms in total. The Bertz CT molecular complexity index is 401.